The zero-order chi connectivity index (χ0) is 13.9. The van der Waals surface area contributed by atoms with Crippen LogP contribution in [0.3, 0.4) is 0 Å². The van der Waals surface area contributed by atoms with Crippen molar-refractivity contribution in [2.75, 3.05) is 14.2 Å². The summed E-state index contributed by atoms with van der Waals surface area (Å²) in [5, 5.41) is 0. The largest absolute Gasteiger partial charge is 0.469 e. The van der Waals surface area contributed by atoms with Gasteiger partial charge in [0, 0.05) is 0 Å². The second-order valence-corrected chi connectivity index (χ2v) is 7.36. The highest BCUT2D eigenvalue weighted by Crippen LogP contribution is 2.70. The third-order valence-corrected chi connectivity index (χ3v) is 5.58. The molecule has 0 aromatic rings. The van der Waals surface area contributed by atoms with E-state index in [9.17, 15) is 9.59 Å². The van der Waals surface area contributed by atoms with Crippen LogP contribution in [0.15, 0.2) is 0 Å². The van der Waals surface area contributed by atoms with Crippen molar-refractivity contribution < 1.29 is 19.1 Å². The summed E-state index contributed by atoms with van der Waals surface area (Å²) in [5.41, 5.74) is -0.810. The predicted octanol–water partition coefficient (Wildman–Crippen LogP) is 2.31. The highest BCUT2D eigenvalue weighted by atomic mass is 16.5. The molecule has 0 radical (unpaired) electrons. The maximum Gasteiger partial charge on any atom is 0.311 e. The number of esters is 2. The van der Waals surface area contributed by atoms with Gasteiger partial charge in [0.2, 0.25) is 0 Å². The second-order valence-electron chi connectivity index (χ2n) is 7.36. The summed E-state index contributed by atoms with van der Waals surface area (Å²) in [7, 11) is 2.90. The zero-order valence-corrected chi connectivity index (χ0v) is 12.0. The van der Waals surface area contributed by atoms with Crippen LogP contribution < -0.4 is 0 Å². The quantitative estimate of drug-likeness (QED) is 0.720. The van der Waals surface area contributed by atoms with Crippen molar-refractivity contribution in [2.24, 2.45) is 22.2 Å². The molecule has 0 spiro atoms. The van der Waals surface area contributed by atoms with Crippen molar-refractivity contribution in [1.29, 1.82) is 0 Å². The summed E-state index contributed by atoms with van der Waals surface area (Å²) in [5.74, 6) is 0.201. The third-order valence-electron chi connectivity index (χ3n) is 5.58. The lowest BCUT2D eigenvalue weighted by atomic mass is 9.40. The van der Waals surface area contributed by atoms with E-state index in [2.05, 4.69) is 6.92 Å². The normalized spacial score (nSPS) is 47.0. The van der Waals surface area contributed by atoms with Crippen LogP contribution in [-0.2, 0) is 19.1 Å². The first-order chi connectivity index (χ1) is 8.87. The number of rotatable bonds is 2. The maximum atomic E-state index is 12.3. The van der Waals surface area contributed by atoms with Gasteiger partial charge in [0.1, 0.15) is 0 Å². The molecule has 106 valence electrons. The fourth-order valence-corrected chi connectivity index (χ4v) is 5.81. The van der Waals surface area contributed by atoms with Crippen LogP contribution in [0.1, 0.15) is 45.4 Å². The minimum Gasteiger partial charge on any atom is -0.469 e. The van der Waals surface area contributed by atoms with Gasteiger partial charge in [-0.2, -0.15) is 0 Å². The van der Waals surface area contributed by atoms with E-state index in [0.29, 0.717) is 12.3 Å². The van der Waals surface area contributed by atoms with Gasteiger partial charge in [-0.25, -0.2) is 0 Å². The summed E-state index contributed by atoms with van der Waals surface area (Å²) in [4.78, 5) is 24.6. The van der Waals surface area contributed by atoms with E-state index in [1.807, 2.05) is 0 Å². The van der Waals surface area contributed by atoms with Crippen molar-refractivity contribution in [3.63, 3.8) is 0 Å². The topological polar surface area (TPSA) is 52.6 Å². The molecule has 4 aliphatic carbocycles. The molecule has 4 rings (SSSR count). The Hall–Kier alpha value is -1.06. The first-order valence-corrected chi connectivity index (χ1v) is 7.04. The van der Waals surface area contributed by atoms with Crippen LogP contribution in [-0.4, -0.2) is 26.2 Å². The minimum atomic E-state index is -0.447. The van der Waals surface area contributed by atoms with E-state index in [4.69, 9.17) is 9.47 Å². The van der Waals surface area contributed by atoms with Crippen LogP contribution >= 0.6 is 0 Å². The fourth-order valence-electron chi connectivity index (χ4n) is 5.81. The number of carbonyl (C=O) groups is 2. The van der Waals surface area contributed by atoms with Gasteiger partial charge in [-0.15, -0.1) is 0 Å². The Labute approximate surface area is 113 Å². The molecule has 4 bridgehead atoms. The molecular weight excluding hydrogens is 244 g/mol. The van der Waals surface area contributed by atoms with E-state index < -0.39 is 10.8 Å². The summed E-state index contributed by atoms with van der Waals surface area (Å²) < 4.78 is 10.1. The molecule has 0 saturated heterocycles. The van der Waals surface area contributed by atoms with Crippen LogP contribution in [0.4, 0.5) is 0 Å². The third kappa shape index (κ3) is 1.65. The van der Waals surface area contributed by atoms with Crippen LogP contribution in [0, 0.1) is 22.2 Å². The lowest BCUT2D eigenvalue weighted by Gasteiger charge is -2.63. The van der Waals surface area contributed by atoms with E-state index in [-0.39, 0.29) is 17.4 Å². The average Bonchev–Trinajstić information content (AvgIpc) is 2.33. The van der Waals surface area contributed by atoms with Crippen molar-refractivity contribution in [2.45, 2.75) is 45.4 Å². The van der Waals surface area contributed by atoms with Crippen molar-refractivity contribution in [1.82, 2.24) is 0 Å². The first-order valence-electron chi connectivity index (χ1n) is 7.04. The zero-order valence-electron chi connectivity index (χ0n) is 12.0. The van der Waals surface area contributed by atoms with Gasteiger partial charge in [0.25, 0.3) is 0 Å². The number of carbonyl (C=O) groups excluding carboxylic acids is 2. The van der Waals surface area contributed by atoms with E-state index in [1.165, 1.54) is 14.2 Å². The Balaban J connectivity index is 2.04. The molecule has 19 heavy (non-hydrogen) atoms. The molecule has 4 aliphatic rings. The Kier molecular flexibility index (Phi) is 2.55. The SMILES string of the molecule is COC(=O)C12CC3CC(C)(C1)CC(C(=O)OC)(C3)C2. The fraction of sp³-hybridized carbons (Fsp3) is 0.867. The lowest BCUT2D eigenvalue weighted by Crippen LogP contribution is -2.61. The first kappa shape index (κ1) is 12.9. The number of ether oxygens (including phenoxy) is 2. The molecule has 2 atom stereocenters. The summed E-state index contributed by atoms with van der Waals surface area (Å²) in [6.45, 7) is 2.22. The van der Waals surface area contributed by atoms with E-state index >= 15 is 0 Å². The predicted molar refractivity (Wildman–Crippen MR) is 68.2 cm³/mol. The Morgan fingerprint density at radius 1 is 0.895 bits per heavy atom. The highest BCUT2D eigenvalue weighted by molar-refractivity contribution is 5.83. The van der Waals surface area contributed by atoms with Gasteiger partial charge < -0.3 is 9.47 Å². The number of hydrogen-bond acceptors (Lipinski definition) is 4. The molecule has 2 unspecified atom stereocenters. The molecule has 0 heterocycles. The summed E-state index contributed by atoms with van der Waals surface area (Å²) in [6, 6.07) is 0. The molecule has 4 heteroatoms. The van der Waals surface area contributed by atoms with E-state index in [1.54, 1.807) is 0 Å². The standard InChI is InChI=1S/C15H22O4/c1-13-4-10-5-14(7-13,11(16)18-2)9-15(6-10,8-13)12(17)19-3/h10H,4-9H2,1-3H3. The van der Waals surface area contributed by atoms with Gasteiger partial charge in [-0.1, -0.05) is 6.92 Å². The highest BCUT2D eigenvalue weighted by Gasteiger charge is 2.67. The maximum absolute atomic E-state index is 12.3. The average molecular weight is 266 g/mol. The second kappa shape index (κ2) is 3.74. The molecule has 4 fully saturated rings. The molecule has 0 aliphatic heterocycles. The Morgan fingerprint density at radius 2 is 1.37 bits per heavy atom. The van der Waals surface area contributed by atoms with Gasteiger partial charge in [-0.3, -0.25) is 9.59 Å². The molecule has 0 aromatic carbocycles. The van der Waals surface area contributed by atoms with E-state index in [0.717, 1.165) is 32.1 Å². The Bertz CT molecular complexity index is 409. The molecule has 4 nitrogen and oxygen atoms in total. The monoisotopic (exact) mass is 266 g/mol. The molecular formula is C15H22O4. The molecule has 0 N–H and O–H groups in total. The summed E-state index contributed by atoms with van der Waals surface area (Å²) >= 11 is 0. The summed E-state index contributed by atoms with van der Waals surface area (Å²) in [6.07, 6.45) is 5.24. The number of hydrogen-bond donors (Lipinski definition) is 0. The van der Waals surface area contributed by atoms with Gasteiger partial charge in [0.05, 0.1) is 25.0 Å². The van der Waals surface area contributed by atoms with Crippen molar-refractivity contribution >= 4 is 11.9 Å². The van der Waals surface area contributed by atoms with Gasteiger partial charge >= 0.3 is 11.9 Å². The Morgan fingerprint density at radius 3 is 1.74 bits per heavy atom. The van der Waals surface area contributed by atoms with Crippen LogP contribution in [0.25, 0.3) is 0 Å². The molecule has 4 saturated carbocycles. The lowest BCUT2D eigenvalue weighted by molar-refractivity contribution is -0.203. The van der Waals surface area contributed by atoms with Crippen LogP contribution in [0.5, 0.6) is 0 Å². The molecule has 0 amide bonds. The van der Waals surface area contributed by atoms with Crippen molar-refractivity contribution in [3.8, 4) is 0 Å². The van der Waals surface area contributed by atoms with Crippen molar-refractivity contribution in [3.05, 3.63) is 0 Å². The van der Waals surface area contributed by atoms with Gasteiger partial charge in [-0.05, 0) is 49.9 Å². The van der Waals surface area contributed by atoms with Crippen LogP contribution in [0.2, 0.25) is 0 Å². The smallest absolute Gasteiger partial charge is 0.311 e. The minimum absolute atomic E-state index is 0.0851. The van der Waals surface area contributed by atoms with Gasteiger partial charge in [0.15, 0.2) is 0 Å². The number of methoxy groups -OCH3 is 2. The molecule has 0 aromatic heterocycles.